The maximum atomic E-state index is 12.0. The van der Waals surface area contributed by atoms with Crippen molar-refractivity contribution in [3.05, 3.63) is 65.7 Å². The lowest BCUT2D eigenvalue weighted by Crippen LogP contribution is -2.31. The highest BCUT2D eigenvalue weighted by Gasteiger charge is 2.13. The van der Waals surface area contributed by atoms with Gasteiger partial charge >= 0.3 is 0 Å². The number of carbonyl (C=O) groups is 1. The van der Waals surface area contributed by atoms with Gasteiger partial charge in [-0.3, -0.25) is 4.79 Å². The third-order valence-corrected chi connectivity index (χ3v) is 5.15. The summed E-state index contributed by atoms with van der Waals surface area (Å²) in [6.45, 7) is 2.65. The van der Waals surface area contributed by atoms with Gasteiger partial charge in [-0.05, 0) is 36.6 Å². The standard InChI is InChI=1S/C18H22N2O3S/c1-15-7-5-6-8-16(15)11-13-19-18(21)12-14-20-24(22,23)17-9-3-2-4-10-17/h2-10,20H,11-14H2,1H3,(H,19,21). The first-order valence-corrected chi connectivity index (χ1v) is 9.33. The Morgan fingerprint density at radius 2 is 1.62 bits per heavy atom. The minimum atomic E-state index is -3.56. The zero-order valence-electron chi connectivity index (χ0n) is 13.7. The van der Waals surface area contributed by atoms with Crippen molar-refractivity contribution >= 4 is 15.9 Å². The minimum Gasteiger partial charge on any atom is -0.356 e. The summed E-state index contributed by atoms with van der Waals surface area (Å²) in [5.74, 6) is -0.167. The Labute approximate surface area is 143 Å². The van der Waals surface area contributed by atoms with Gasteiger partial charge in [-0.25, -0.2) is 13.1 Å². The maximum Gasteiger partial charge on any atom is 0.240 e. The molecule has 0 unspecified atom stereocenters. The van der Waals surface area contributed by atoms with Crippen LogP contribution in [0.25, 0.3) is 0 Å². The second-order valence-electron chi connectivity index (χ2n) is 5.49. The number of aryl methyl sites for hydroxylation is 1. The van der Waals surface area contributed by atoms with Crippen molar-refractivity contribution in [3.63, 3.8) is 0 Å². The molecule has 1 amide bonds. The van der Waals surface area contributed by atoms with Crippen LogP contribution in [0.2, 0.25) is 0 Å². The summed E-state index contributed by atoms with van der Waals surface area (Å²) < 4.78 is 26.4. The number of hydrogen-bond acceptors (Lipinski definition) is 3. The summed E-state index contributed by atoms with van der Waals surface area (Å²) in [6.07, 6.45) is 0.869. The molecule has 128 valence electrons. The molecule has 2 N–H and O–H groups in total. The normalized spacial score (nSPS) is 11.2. The minimum absolute atomic E-state index is 0.0768. The Balaban J connectivity index is 1.71. The summed E-state index contributed by atoms with van der Waals surface area (Å²) in [7, 11) is -3.56. The molecule has 0 aliphatic rings. The second-order valence-corrected chi connectivity index (χ2v) is 7.25. The number of sulfonamides is 1. The van der Waals surface area contributed by atoms with Gasteiger partial charge in [-0.2, -0.15) is 0 Å². The highest BCUT2D eigenvalue weighted by molar-refractivity contribution is 7.89. The molecular formula is C18H22N2O3S. The van der Waals surface area contributed by atoms with E-state index >= 15 is 0 Å². The number of rotatable bonds is 8. The van der Waals surface area contributed by atoms with Crippen molar-refractivity contribution in [2.45, 2.75) is 24.7 Å². The fraction of sp³-hybridized carbons (Fsp3) is 0.278. The molecule has 0 heterocycles. The van der Waals surface area contributed by atoms with E-state index in [2.05, 4.69) is 10.0 Å². The average molecular weight is 346 g/mol. The first-order valence-electron chi connectivity index (χ1n) is 7.85. The van der Waals surface area contributed by atoms with E-state index < -0.39 is 10.0 Å². The molecule has 0 spiro atoms. The Kier molecular flexibility index (Phi) is 6.52. The van der Waals surface area contributed by atoms with Crippen LogP contribution in [0, 0.1) is 6.92 Å². The fourth-order valence-electron chi connectivity index (χ4n) is 2.30. The van der Waals surface area contributed by atoms with Crippen LogP contribution in [-0.4, -0.2) is 27.4 Å². The quantitative estimate of drug-likeness (QED) is 0.768. The molecule has 0 aliphatic carbocycles. The lowest BCUT2D eigenvalue weighted by Gasteiger charge is -2.08. The van der Waals surface area contributed by atoms with E-state index in [4.69, 9.17) is 0 Å². The van der Waals surface area contributed by atoms with Gasteiger partial charge in [-0.1, -0.05) is 42.5 Å². The zero-order chi connectivity index (χ0) is 17.4. The number of hydrogen-bond donors (Lipinski definition) is 2. The molecule has 2 aromatic rings. The highest BCUT2D eigenvalue weighted by Crippen LogP contribution is 2.07. The molecule has 0 radical (unpaired) electrons. The van der Waals surface area contributed by atoms with E-state index in [0.717, 1.165) is 6.42 Å². The smallest absolute Gasteiger partial charge is 0.240 e. The third-order valence-electron chi connectivity index (χ3n) is 3.68. The SMILES string of the molecule is Cc1ccccc1CCNC(=O)CCNS(=O)(=O)c1ccccc1. The molecule has 0 atom stereocenters. The molecule has 0 bridgehead atoms. The topological polar surface area (TPSA) is 75.3 Å². The largest absolute Gasteiger partial charge is 0.356 e. The lowest BCUT2D eigenvalue weighted by atomic mass is 10.1. The molecule has 6 heteroatoms. The Morgan fingerprint density at radius 3 is 2.33 bits per heavy atom. The van der Waals surface area contributed by atoms with Gasteiger partial charge in [0.15, 0.2) is 0 Å². The van der Waals surface area contributed by atoms with Crippen molar-refractivity contribution in [1.29, 1.82) is 0 Å². The summed E-state index contributed by atoms with van der Waals surface area (Å²) in [5.41, 5.74) is 2.39. The van der Waals surface area contributed by atoms with Gasteiger partial charge in [-0.15, -0.1) is 0 Å². The summed E-state index contributed by atoms with van der Waals surface area (Å²) >= 11 is 0. The van der Waals surface area contributed by atoms with E-state index in [9.17, 15) is 13.2 Å². The van der Waals surface area contributed by atoms with Gasteiger partial charge in [0.1, 0.15) is 0 Å². The number of benzene rings is 2. The van der Waals surface area contributed by atoms with Gasteiger partial charge in [0.2, 0.25) is 15.9 Å². The third kappa shape index (κ3) is 5.47. The Bertz CT molecular complexity index is 774. The molecule has 2 aromatic carbocycles. The van der Waals surface area contributed by atoms with Crippen LogP contribution in [0.1, 0.15) is 17.5 Å². The first kappa shape index (κ1) is 18.2. The number of nitrogens with one attached hydrogen (secondary N) is 2. The molecule has 0 aromatic heterocycles. The number of amides is 1. The summed E-state index contributed by atoms with van der Waals surface area (Å²) in [4.78, 5) is 12.0. The van der Waals surface area contributed by atoms with Crippen LogP contribution >= 0.6 is 0 Å². The van der Waals surface area contributed by atoms with Crippen LogP contribution in [0.4, 0.5) is 0 Å². The van der Waals surface area contributed by atoms with Crippen molar-refractivity contribution < 1.29 is 13.2 Å². The molecular weight excluding hydrogens is 324 g/mol. The van der Waals surface area contributed by atoms with Gasteiger partial charge in [0, 0.05) is 19.5 Å². The highest BCUT2D eigenvalue weighted by atomic mass is 32.2. The number of carbonyl (C=O) groups excluding carboxylic acids is 1. The van der Waals surface area contributed by atoms with Crippen LogP contribution in [-0.2, 0) is 21.2 Å². The molecule has 0 saturated carbocycles. The van der Waals surface area contributed by atoms with Crippen LogP contribution in [0.15, 0.2) is 59.5 Å². The molecule has 2 rings (SSSR count). The van der Waals surface area contributed by atoms with Crippen molar-refractivity contribution in [1.82, 2.24) is 10.0 Å². The Hall–Kier alpha value is -2.18. The molecule has 5 nitrogen and oxygen atoms in total. The Morgan fingerprint density at radius 1 is 0.958 bits per heavy atom. The predicted octanol–water partition coefficient (Wildman–Crippen LogP) is 2.02. The summed E-state index contributed by atoms with van der Waals surface area (Å²) in [5, 5.41) is 2.81. The zero-order valence-corrected chi connectivity index (χ0v) is 14.5. The first-order chi connectivity index (χ1) is 11.5. The van der Waals surface area contributed by atoms with Gasteiger partial charge in [0.05, 0.1) is 4.90 Å². The van der Waals surface area contributed by atoms with Crippen molar-refractivity contribution in [2.24, 2.45) is 0 Å². The molecule has 0 aliphatic heterocycles. The van der Waals surface area contributed by atoms with Crippen LogP contribution < -0.4 is 10.0 Å². The van der Waals surface area contributed by atoms with Crippen molar-refractivity contribution in [3.8, 4) is 0 Å². The van der Waals surface area contributed by atoms with Crippen LogP contribution in [0.5, 0.6) is 0 Å². The predicted molar refractivity (Wildman–Crippen MR) is 94.1 cm³/mol. The molecule has 0 saturated heterocycles. The molecule has 24 heavy (non-hydrogen) atoms. The van der Waals surface area contributed by atoms with E-state index in [0.29, 0.717) is 6.54 Å². The van der Waals surface area contributed by atoms with E-state index in [1.165, 1.54) is 23.3 Å². The van der Waals surface area contributed by atoms with E-state index in [-0.39, 0.29) is 23.8 Å². The fourth-order valence-corrected chi connectivity index (χ4v) is 3.35. The second kappa shape index (κ2) is 8.61. The summed E-state index contributed by atoms with van der Waals surface area (Å²) in [6, 6.07) is 16.1. The van der Waals surface area contributed by atoms with Crippen LogP contribution in [0.3, 0.4) is 0 Å². The average Bonchev–Trinajstić information content (AvgIpc) is 2.57. The van der Waals surface area contributed by atoms with Gasteiger partial charge < -0.3 is 5.32 Å². The van der Waals surface area contributed by atoms with Crippen molar-refractivity contribution in [2.75, 3.05) is 13.1 Å². The van der Waals surface area contributed by atoms with E-state index in [1.807, 2.05) is 31.2 Å². The maximum absolute atomic E-state index is 12.0. The van der Waals surface area contributed by atoms with Gasteiger partial charge in [0.25, 0.3) is 0 Å². The van der Waals surface area contributed by atoms with E-state index in [1.54, 1.807) is 18.2 Å². The lowest BCUT2D eigenvalue weighted by molar-refractivity contribution is -0.120. The molecule has 0 fully saturated rings. The monoisotopic (exact) mass is 346 g/mol.